The zero-order valence-electron chi connectivity index (χ0n) is 13.0. The second-order valence-electron chi connectivity index (χ2n) is 6.79. The summed E-state index contributed by atoms with van der Waals surface area (Å²) in [6.07, 6.45) is 6.90. The predicted molar refractivity (Wildman–Crippen MR) is 80.3 cm³/mol. The first-order valence-corrected chi connectivity index (χ1v) is 7.79. The number of likely N-dealkylation sites (tertiary alicyclic amines) is 1. The number of hydrogen-bond donors (Lipinski definition) is 0. The summed E-state index contributed by atoms with van der Waals surface area (Å²) < 4.78 is 2.15. The molecule has 2 rings (SSSR count). The molecule has 1 aliphatic rings. The molecule has 19 heavy (non-hydrogen) atoms. The van der Waals surface area contributed by atoms with Crippen LogP contribution in [-0.4, -0.2) is 34.3 Å². The smallest absolute Gasteiger partial charge is 0.0524 e. The maximum absolute atomic E-state index is 4.50. The molecule has 0 atom stereocenters. The molecule has 0 bridgehead atoms. The molecule has 1 aliphatic heterocycles. The third-order valence-corrected chi connectivity index (χ3v) is 4.10. The van der Waals surface area contributed by atoms with Crippen LogP contribution in [0.1, 0.15) is 52.0 Å². The Hall–Kier alpha value is -0.830. The topological polar surface area (TPSA) is 21.1 Å². The summed E-state index contributed by atoms with van der Waals surface area (Å²) in [6.45, 7) is 14.0. The van der Waals surface area contributed by atoms with Gasteiger partial charge in [0.25, 0.3) is 0 Å². The van der Waals surface area contributed by atoms with Gasteiger partial charge in [0, 0.05) is 19.3 Å². The minimum Gasteiger partial charge on any atom is -0.303 e. The second-order valence-corrected chi connectivity index (χ2v) is 6.79. The maximum Gasteiger partial charge on any atom is 0.0524 e. The molecule has 3 heteroatoms. The second kappa shape index (κ2) is 6.56. The van der Waals surface area contributed by atoms with Crippen LogP contribution in [0.3, 0.4) is 0 Å². The zero-order valence-corrected chi connectivity index (χ0v) is 13.0. The quantitative estimate of drug-likeness (QED) is 0.812. The lowest BCUT2D eigenvalue weighted by atomic mass is 9.96. The van der Waals surface area contributed by atoms with Gasteiger partial charge >= 0.3 is 0 Å². The highest BCUT2D eigenvalue weighted by Gasteiger charge is 2.20. The summed E-state index contributed by atoms with van der Waals surface area (Å²) in [5.74, 6) is 2.18. The van der Waals surface area contributed by atoms with E-state index in [9.17, 15) is 0 Å². The van der Waals surface area contributed by atoms with Crippen LogP contribution in [-0.2, 0) is 6.54 Å². The van der Waals surface area contributed by atoms with E-state index in [0.717, 1.165) is 18.4 Å². The van der Waals surface area contributed by atoms with E-state index >= 15 is 0 Å². The van der Waals surface area contributed by atoms with Crippen molar-refractivity contribution in [1.29, 1.82) is 0 Å². The standard InChI is InChI=1S/C16H29N3/c1-13(2)10-18-7-5-15(6-8-18)11-19-12-16(9-17-19)14(3)4/h9,12-15H,5-8,10-11H2,1-4H3. The molecule has 0 radical (unpaired) electrons. The first-order chi connectivity index (χ1) is 9.04. The number of hydrogen-bond acceptors (Lipinski definition) is 2. The fourth-order valence-electron chi connectivity index (χ4n) is 2.91. The minimum atomic E-state index is 0.585. The van der Waals surface area contributed by atoms with Crippen LogP contribution in [0.4, 0.5) is 0 Å². The van der Waals surface area contributed by atoms with E-state index in [4.69, 9.17) is 0 Å². The van der Waals surface area contributed by atoms with Gasteiger partial charge in [0.15, 0.2) is 0 Å². The Balaban J connectivity index is 1.78. The maximum atomic E-state index is 4.50. The average molecular weight is 263 g/mol. The van der Waals surface area contributed by atoms with E-state index in [1.807, 2.05) is 6.20 Å². The van der Waals surface area contributed by atoms with Crippen LogP contribution in [0, 0.1) is 11.8 Å². The van der Waals surface area contributed by atoms with Gasteiger partial charge < -0.3 is 4.90 Å². The third kappa shape index (κ3) is 4.34. The molecule has 1 aromatic rings. The molecule has 1 saturated heterocycles. The van der Waals surface area contributed by atoms with Gasteiger partial charge in [-0.1, -0.05) is 27.7 Å². The van der Waals surface area contributed by atoms with Crippen molar-refractivity contribution in [2.75, 3.05) is 19.6 Å². The van der Waals surface area contributed by atoms with Gasteiger partial charge in [-0.25, -0.2) is 0 Å². The first-order valence-electron chi connectivity index (χ1n) is 7.79. The average Bonchev–Trinajstić information content (AvgIpc) is 2.80. The Kier molecular flexibility index (Phi) is 5.03. The summed E-state index contributed by atoms with van der Waals surface area (Å²) in [4.78, 5) is 2.61. The number of piperidine rings is 1. The van der Waals surface area contributed by atoms with Gasteiger partial charge in [-0.05, 0) is 49.2 Å². The molecule has 1 aromatic heterocycles. The molecule has 0 spiro atoms. The molecule has 0 amide bonds. The van der Waals surface area contributed by atoms with Crippen LogP contribution in [0.25, 0.3) is 0 Å². The molecule has 108 valence electrons. The van der Waals surface area contributed by atoms with E-state index < -0.39 is 0 Å². The minimum absolute atomic E-state index is 0.585. The molecule has 0 aromatic carbocycles. The van der Waals surface area contributed by atoms with E-state index in [1.54, 1.807) is 0 Å². The highest BCUT2D eigenvalue weighted by molar-refractivity contribution is 5.08. The van der Waals surface area contributed by atoms with Crippen molar-refractivity contribution in [2.24, 2.45) is 11.8 Å². The Morgan fingerprint density at radius 3 is 2.42 bits per heavy atom. The van der Waals surface area contributed by atoms with Crippen LogP contribution >= 0.6 is 0 Å². The summed E-state index contributed by atoms with van der Waals surface area (Å²) in [5, 5.41) is 4.50. The monoisotopic (exact) mass is 263 g/mol. The van der Waals surface area contributed by atoms with Gasteiger partial charge in [-0.2, -0.15) is 5.10 Å². The van der Waals surface area contributed by atoms with Crippen molar-refractivity contribution < 1.29 is 0 Å². The highest BCUT2D eigenvalue weighted by atomic mass is 15.3. The van der Waals surface area contributed by atoms with Gasteiger partial charge in [-0.3, -0.25) is 4.68 Å². The molecule has 1 fully saturated rings. The highest BCUT2D eigenvalue weighted by Crippen LogP contribution is 2.20. The van der Waals surface area contributed by atoms with Crippen molar-refractivity contribution in [3.05, 3.63) is 18.0 Å². The van der Waals surface area contributed by atoms with Crippen molar-refractivity contribution in [1.82, 2.24) is 14.7 Å². The van der Waals surface area contributed by atoms with E-state index in [1.165, 1.54) is 38.0 Å². The molecule has 0 saturated carbocycles. The normalized spacial score (nSPS) is 18.6. The fraction of sp³-hybridized carbons (Fsp3) is 0.812. The SMILES string of the molecule is CC(C)CN1CCC(Cn2cc(C(C)C)cn2)CC1. The lowest BCUT2D eigenvalue weighted by molar-refractivity contribution is 0.156. The molecule has 0 N–H and O–H groups in total. The Bertz CT molecular complexity index is 373. The van der Waals surface area contributed by atoms with Crippen molar-refractivity contribution in [2.45, 2.75) is 53.0 Å². The zero-order chi connectivity index (χ0) is 13.8. The van der Waals surface area contributed by atoms with Crippen LogP contribution in [0.2, 0.25) is 0 Å². The van der Waals surface area contributed by atoms with Gasteiger partial charge in [0.2, 0.25) is 0 Å². The first kappa shape index (κ1) is 14.6. The molecule has 0 unspecified atom stereocenters. The lowest BCUT2D eigenvalue weighted by Gasteiger charge is -2.32. The van der Waals surface area contributed by atoms with E-state index in [-0.39, 0.29) is 0 Å². The Labute approximate surface area is 118 Å². The largest absolute Gasteiger partial charge is 0.303 e. The summed E-state index contributed by atoms with van der Waals surface area (Å²) in [6, 6.07) is 0. The van der Waals surface area contributed by atoms with Gasteiger partial charge in [0.05, 0.1) is 6.20 Å². The Morgan fingerprint density at radius 1 is 1.21 bits per heavy atom. The van der Waals surface area contributed by atoms with Crippen LogP contribution < -0.4 is 0 Å². The van der Waals surface area contributed by atoms with Crippen LogP contribution in [0.15, 0.2) is 12.4 Å². The Morgan fingerprint density at radius 2 is 1.89 bits per heavy atom. The number of rotatable bonds is 5. The van der Waals surface area contributed by atoms with E-state index in [0.29, 0.717) is 5.92 Å². The number of nitrogens with zero attached hydrogens (tertiary/aromatic N) is 3. The van der Waals surface area contributed by atoms with Crippen LogP contribution in [0.5, 0.6) is 0 Å². The van der Waals surface area contributed by atoms with Crippen molar-refractivity contribution in [3.63, 3.8) is 0 Å². The predicted octanol–water partition coefficient (Wildman–Crippen LogP) is 3.37. The van der Waals surface area contributed by atoms with E-state index in [2.05, 4.69) is 48.6 Å². The van der Waals surface area contributed by atoms with Crippen molar-refractivity contribution in [3.8, 4) is 0 Å². The molecule has 0 aliphatic carbocycles. The van der Waals surface area contributed by atoms with Gasteiger partial charge in [-0.15, -0.1) is 0 Å². The van der Waals surface area contributed by atoms with Gasteiger partial charge in [0.1, 0.15) is 0 Å². The number of aromatic nitrogens is 2. The fourth-order valence-corrected chi connectivity index (χ4v) is 2.91. The summed E-state index contributed by atoms with van der Waals surface area (Å²) in [5.41, 5.74) is 1.36. The third-order valence-electron chi connectivity index (χ3n) is 4.10. The molecule has 3 nitrogen and oxygen atoms in total. The molecule has 2 heterocycles. The lowest BCUT2D eigenvalue weighted by Crippen LogP contribution is -2.37. The van der Waals surface area contributed by atoms with Crippen molar-refractivity contribution >= 4 is 0 Å². The summed E-state index contributed by atoms with van der Waals surface area (Å²) >= 11 is 0. The summed E-state index contributed by atoms with van der Waals surface area (Å²) in [7, 11) is 0. The molecular formula is C16H29N3. The molecular weight excluding hydrogens is 234 g/mol.